The highest BCUT2D eigenvalue weighted by Gasteiger charge is 2.31. The molecule has 3 rings (SSSR count). The second kappa shape index (κ2) is 6.37. The molecule has 4 nitrogen and oxygen atoms in total. The number of aliphatic hydroxyl groups excluding tert-OH is 1. The SMILES string of the molecule is O=C(/C=C/c1nc2ccccc2s1)NC(CCO)C1CC1. The van der Waals surface area contributed by atoms with E-state index in [0.29, 0.717) is 12.3 Å². The molecule has 0 spiro atoms. The summed E-state index contributed by atoms with van der Waals surface area (Å²) in [5, 5.41) is 12.8. The molecule has 1 aromatic heterocycles. The number of thiazole rings is 1. The molecule has 1 unspecified atom stereocenters. The van der Waals surface area contributed by atoms with Crippen molar-refractivity contribution in [3.8, 4) is 0 Å². The largest absolute Gasteiger partial charge is 0.396 e. The third-order valence-corrected chi connectivity index (χ3v) is 4.65. The Hall–Kier alpha value is -1.72. The van der Waals surface area contributed by atoms with Crippen LogP contribution in [0.4, 0.5) is 0 Å². The van der Waals surface area contributed by atoms with Gasteiger partial charge in [-0.05, 0) is 43.4 Å². The van der Waals surface area contributed by atoms with Gasteiger partial charge in [-0.25, -0.2) is 4.98 Å². The zero-order chi connectivity index (χ0) is 14.7. The Labute approximate surface area is 127 Å². The molecule has 0 radical (unpaired) electrons. The number of hydrogen-bond donors (Lipinski definition) is 2. The van der Waals surface area contributed by atoms with Crippen molar-refractivity contribution >= 4 is 33.5 Å². The molecule has 21 heavy (non-hydrogen) atoms. The molecule has 1 saturated carbocycles. The molecule has 1 aliphatic rings. The second-order valence-electron chi connectivity index (χ2n) is 5.32. The fraction of sp³-hybridized carbons (Fsp3) is 0.375. The van der Waals surface area contributed by atoms with Crippen molar-refractivity contribution in [2.75, 3.05) is 6.61 Å². The van der Waals surface area contributed by atoms with Crippen LogP contribution in [0.5, 0.6) is 0 Å². The molecule has 1 amide bonds. The van der Waals surface area contributed by atoms with Crippen molar-refractivity contribution in [2.24, 2.45) is 5.92 Å². The molecule has 110 valence electrons. The number of hydrogen-bond acceptors (Lipinski definition) is 4. The highest BCUT2D eigenvalue weighted by Crippen LogP contribution is 2.33. The molecule has 1 aliphatic carbocycles. The van der Waals surface area contributed by atoms with Gasteiger partial charge >= 0.3 is 0 Å². The van der Waals surface area contributed by atoms with Crippen molar-refractivity contribution in [2.45, 2.75) is 25.3 Å². The van der Waals surface area contributed by atoms with Gasteiger partial charge in [0.2, 0.25) is 5.91 Å². The van der Waals surface area contributed by atoms with Crippen molar-refractivity contribution in [1.29, 1.82) is 0 Å². The lowest BCUT2D eigenvalue weighted by molar-refractivity contribution is -0.117. The monoisotopic (exact) mass is 302 g/mol. The number of para-hydroxylation sites is 1. The highest BCUT2D eigenvalue weighted by molar-refractivity contribution is 7.19. The van der Waals surface area contributed by atoms with E-state index in [4.69, 9.17) is 5.11 Å². The van der Waals surface area contributed by atoms with Gasteiger partial charge in [0.1, 0.15) is 5.01 Å². The maximum absolute atomic E-state index is 11.9. The molecule has 1 atom stereocenters. The first kappa shape index (κ1) is 14.2. The molecule has 1 fully saturated rings. The number of rotatable bonds is 6. The van der Waals surface area contributed by atoms with Gasteiger partial charge in [-0.1, -0.05) is 12.1 Å². The second-order valence-corrected chi connectivity index (χ2v) is 6.38. The Morgan fingerprint density at radius 3 is 3.00 bits per heavy atom. The summed E-state index contributed by atoms with van der Waals surface area (Å²) in [5.41, 5.74) is 0.957. The van der Waals surface area contributed by atoms with Crippen molar-refractivity contribution < 1.29 is 9.90 Å². The maximum atomic E-state index is 11.9. The summed E-state index contributed by atoms with van der Waals surface area (Å²) in [5.74, 6) is 0.427. The van der Waals surface area contributed by atoms with Crippen molar-refractivity contribution in [3.05, 3.63) is 35.3 Å². The molecule has 0 aliphatic heterocycles. The number of carbonyl (C=O) groups is 1. The summed E-state index contributed by atoms with van der Waals surface area (Å²) in [6.07, 6.45) is 6.21. The van der Waals surface area contributed by atoms with Crippen molar-refractivity contribution in [3.63, 3.8) is 0 Å². The maximum Gasteiger partial charge on any atom is 0.244 e. The summed E-state index contributed by atoms with van der Waals surface area (Å²) in [6, 6.07) is 8.03. The lowest BCUT2D eigenvalue weighted by atomic mass is 10.1. The van der Waals surface area contributed by atoms with E-state index < -0.39 is 0 Å². The number of amides is 1. The predicted octanol–water partition coefficient (Wildman–Crippen LogP) is 2.59. The van der Waals surface area contributed by atoms with Crippen LogP contribution in [-0.4, -0.2) is 28.6 Å². The van der Waals surface area contributed by atoms with Crippen LogP contribution in [0.1, 0.15) is 24.3 Å². The Bertz CT molecular complexity index is 628. The molecule has 2 aromatic rings. The summed E-state index contributed by atoms with van der Waals surface area (Å²) in [4.78, 5) is 16.4. The van der Waals surface area contributed by atoms with E-state index in [9.17, 15) is 4.79 Å². The number of aliphatic hydroxyl groups is 1. The molecule has 5 heteroatoms. The predicted molar refractivity (Wildman–Crippen MR) is 85.0 cm³/mol. The van der Waals surface area contributed by atoms with E-state index in [1.54, 1.807) is 17.4 Å². The Morgan fingerprint density at radius 2 is 2.29 bits per heavy atom. The molecular formula is C16H18N2O2S. The number of benzene rings is 1. The third kappa shape index (κ3) is 3.68. The van der Waals surface area contributed by atoms with E-state index in [-0.39, 0.29) is 18.6 Å². The van der Waals surface area contributed by atoms with Gasteiger partial charge in [0, 0.05) is 18.7 Å². The first-order valence-corrected chi connectivity index (χ1v) is 8.03. The smallest absolute Gasteiger partial charge is 0.244 e. The van der Waals surface area contributed by atoms with Gasteiger partial charge in [-0.2, -0.15) is 0 Å². The number of carbonyl (C=O) groups excluding carboxylic acids is 1. The van der Waals surface area contributed by atoms with E-state index in [1.807, 2.05) is 24.3 Å². The molecular weight excluding hydrogens is 284 g/mol. The molecule has 0 saturated heterocycles. The lowest BCUT2D eigenvalue weighted by Gasteiger charge is -2.15. The van der Waals surface area contributed by atoms with Crippen LogP contribution >= 0.6 is 11.3 Å². The van der Waals surface area contributed by atoms with E-state index in [1.165, 1.54) is 6.08 Å². The zero-order valence-electron chi connectivity index (χ0n) is 11.7. The Balaban J connectivity index is 1.63. The van der Waals surface area contributed by atoms with Gasteiger partial charge in [0.25, 0.3) is 0 Å². The van der Waals surface area contributed by atoms with E-state index in [0.717, 1.165) is 28.1 Å². The van der Waals surface area contributed by atoms with E-state index >= 15 is 0 Å². The average Bonchev–Trinajstić information content (AvgIpc) is 3.24. The van der Waals surface area contributed by atoms with Crippen LogP contribution in [-0.2, 0) is 4.79 Å². The van der Waals surface area contributed by atoms with E-state index in [2.05, 4.69) is 10.3 Å². The molecule has 1 heterocycles. The fourth-order valence-electron chi connectivity index (χ4n) is 2.40. The number of fused-ring (bicyclic) bond motifs is 1. The Morgan fingerprint density at radius 1 is 1.48 bits per heavy atom. The Kier molecular flexibility index (Phi) is 4.31. The highest BCUT2D eigenvalue weighted by atomic mass is 32.1. The van der Waals surface area contributed by atoms with Gasteiger partial charge in [0.15, 0.2) is 0 Å². The number of nitrogens with one attached hydrogen (secondary N) is 1. The van der Waals surface area contributed by atoms with Crippen molar-refractivity contribution in [1.82, 2.24) is 10.3 Å². The minimum absolute atomic E-state index is 0.0996. The fourth-order valence-corrected chi connectivity index (χ4v) is 3.27. The van der Waals surface area contributed by atoms with Crippen LogP contribution in [0.3, 0.4) is 0 Å². The quantitative estimate of drug-likeness (QED) is 0.806. The molecule has 2 N–H and O–H groups in total. The third-order valence-electron chi connectivity index (χ3n) is 3.65. The van der Waals surface area contributed by atoms with Crippen LogP contribution in [0.2, 0.25) is 0 Å². The van der Waals surface area contributed by atoms with Gasteiger partial charge in [0.05, 0.1) is 10.2 Å². The van der Waals surface area contributed by atoms with Gasteiger partial charge in [-0.15, -0.1) is 11.3 Å². The molecule has 0 bridgehead atoms. The van der Waals surface area contributed by atoms with Crippen LogP contribution < -0.4 is 5.32 Å². The van der Waals surface area contributed by atoms with Gasteiger partial charge < -0.3 is 10.4 Å². The van der Waals surface area contributed by atoms with Crippen LogP contribution in [0.15, 0.2) is 30.3 Å². The van der Waals surface area contributed by atoms with Crippen LogP contribution in [0.25, 0.3) is 16.3 Å². The number of nitrogens with zero attached hydrogens (tertiary/aromatic N) is 1. The van der Waals surface area contributed by atoms with Crippen LogP contribution in [0, 0.1) is 5.92 Å². The minimum atomic E-state index is -0.111. The summed E-state index contributed by atoms with van der Waals surface area (Å²) in [7, 11) is 0. The first-order valence-electron chi connectivity index (χ1n) is 7.21. The summed E-state index contributed by atoms with van der Waals surface area (Å²) < 4.78 is 1.12. The topological polar surface area (TPSA) is 62.2 Å². The normalized spacial score (nSPS) is 16.4. The summed E-state index contributed by atoms with van der Waals surface area (Å²) >= 11 is 1.57. The minimum Gasteiger partial charge on any atom is -0.396 e. The lowest BCUT2D eigenvalue weighted by Crippen LogP contribution is -2.36. The summed E-state index contributed by atoms with van der Waals surface area (Å²) in [6.45, 7) is 0.114. The standard InChI is InChI=1S/C16H18N2O2S/c19-10-9-12(11-5-6-11)17-15(20)7-8-16-18-13-3-1-2-4-14(13)21-16/h1-4,7-8,11-12,19H,5-6,9-10H2,(H,17,20)/b8-7+. The van der Waals surface area contributed by atoms with Gasteiger partial charge in [-0.3, -0.25) is 4.79 Å². The molecule has 1 aromatic carbocycles. The number of aromatic nitrogens is 1. The zero-order valence-corrected chi connectivity index (χ0v) is 12.5. The first-order chi connectivity index (χ1) is 10.3. The average molecular weight is 302 g/mol.